The average Bonchev–Trinajstić information content (AvgIpc) is 3.47. The van der Waals surface area contributed by atoms with Gasteiger partial charge in [-0.1, -0.05) is 146 Å². The summed E-state index contributed by atoms with van der Waals surface area (Å²) in [5.41, 5.74) is 10.9. The van der Waals surface area contributed by atoms with E-state index in [-0.39, 0.29) is 10.8 Å². The van der Waals surface area contributed by atoms with Gasteiger partial charge in [-0.15, -0.1) is 0 Å². The number of benzene rings is 5. The summed E-state index contributed by atoms with van der Waals surface area (Å²) in [7, 11) is 0. The Balaban J connectivity index is 1.62. The third-order valence-corrected chi connectivity index (χ3v) is 11.1. The van der Waals surface area contributed by atoms with Crippen molar-refractivity contribution >= 4 is 43.4 Å². The molecule has 0 aliphatic heterocycles. The summed E-state index contributed by atoms with van der Waals surface area (Å²) in [5.74, 6) is 0. The summed E-state index contributed by atoms with van der Waals surface area (Å²) in [4.78, 5) is 2.14. The molecule has 0 atom stereocenters. The maximum atomic E-state index is 4.46. The monoisotopic (exact) mass is 732 g/mol. The minimum Gasteiger partial charge on any atom is -0.311 e. The molecule has 0 aliphatic carbocycles. The van der Waals surface area contributed by atoms with E-state index in [0.29, 0.717) is 0 Å². The lowest BCUT2D eigenvalue weighted by molar-refractivity contribution is 0.641. The summed E-state index contributed by atoms with van der Waals surface area (Å²) in [5, 5.41) is 2.47. The summed E-state index contributed by atoms with van der Waals surface area (Å²) < 4.78 is 3.38. The first-order valence-corrected chi connectivity index (χ1v) is 18.8. The van der Waals surface area contributed by atoms with Gasteiger partial charge >= 0.3 is 0 Å². The van der Waals surface area contributed by atoms with Gasteiger partial charge in [0.15, 0.2) is 0 Å². The first-order chi connectivity index (χ1) is 24.5. The lowest BCUT2D eigenvalue weighted by atomic mass is 9.77. The average molecular weight is 734 g/mol. The Kier molecular flexibility index (Phi) is 10.4. The van der Waals surface area contributed by atoms with E-state index in [1.165, 1.54) is 33.0 Å². The van der Waals surface area contributed by atoms with E-state index in [4.69, 9.17) is 0 Å². The van der Waals surface area contributed by atoms with E-state index in [9.17, 15) is 0 Å². The Morgan fingerprint density at radius 1 is 0.608 bits per heavy atom. The second-order valence-corrected chi connectivity index (χ2v) is 15.1. The van der Waals surface area contributed by atoms with Gasteiger partial charge in [-0.2, -0.15) is 0 Å². The quantitative estimate of drug-likeness (QED) is 0.114. The summed E-state index contributed by atoms with van der Waals surface area (Å²) in [6.45, 7) is 22.5. The number of rotatable bonds is 12. The van der Waals surface area contributed by atoms with Crippen LogP contribution in [-0.4, -0.2) is 4.57 Å². The zero-order valence-corrected chi connectivity index (χ0v) is 32.5. The minimum absolute atomic E-state index is 0.176. The van der Waals surface area contributed by atoms with Crippen LogP contribution in [0.25, 0.3) is 27.5 Å². The second kappa shape index (κ2) is 14.8. The van der Waals surface area contributed by atoms with Crippen molar-refractivity contribution in [2.24, 2.45) is 0 Å². The van der Waals surface area contributed by atoms with Crippen LogP contribution >= 0.6 is 15.9 Å². The van der Waals surface area contributed by atoms with E-state index in [1.807, 2.05) is 0 Å². The molecule has 0 fully saturated rings. The molecule has 258 valence electrons. The van der Waals surface area contributed by atoms with E-state index in [0.717, 1.165) is 51.1 Å². The Hall–Kier alpha value is -4.86. The molecule has 1 aromatic heterocycles. The molecule has 0 N–H and O–H groups in total. The van der Waals surface area contributed by atoms with Gasteiger partial charge in [0.2, 0.25) is 0 Å². The molecular formula is C48H49BrN2. The molecule has 0 unspecified atom stereocenters. The maximum absolute atomic E-state index is 4.46. The molecule has 3 heteroatoms. The van der Waals surface area contributed by atoms with Crippen LogP contribution in [-0.2, 0) is 10.8 Å². The van der Waals surface area contributed by atoms with Crippen LogP contribution < -0.4 is 4.90 Å². The molecule has 6 aromatic rings. The molecule has 6 rings (SSSR count). The molecule has 5 aromatic carbocycles. The van der Waals surface area contributed by atoms with Crippen molar-refractivity contribution in [2.45, 2.75) is 65.2 Å². The predicted octanol–water partition coefficient (Wildman–Crippen LogP) is 14.0. The SMILES string of the molecule is C=C(/C=C\CC)N(C(=C)/C=C\CC)c1cccc(-n2c3ccc(C(C)(C)c4ccccc4)cc3c3cc(C(C)(C)c4ccccc4)ccc32)c1Br. The summed E-state index contributed by atoms with van der Waals surface area (Å²) >= 11 is 4.11. The Labute approximate surface area is 313 Å². The van der Waals surface area contributed by atoms with Crippen molar-refractivity contribution in [3.63, 3.8) is 0 Å². The van der Waals surface area contributed by atoms with Crippen molar-refractivity contribution < 1.29 is 0 Å². The van der Waals surface area contributed by atoms with E-state index >= 15 is 0 Å². The van der Waals surface area contributed by atoms with Gasteiger partial charge in [0.1, 0.15) is 0 Å². The van der Waals surface area contributed by atoms with Gasteiger partial charge in [-0.3, -0.25) is 0 Å². The molecule has 0 saturated heterocycles. The van der Waals surface area contributed by atoms with Crippen molar-refractivity contribution in [3.05, 3.63) is 191 Å². The fourth-order valence-corrected chi connectivity index (χ4v) is 7.73. The zero-order chi connectivity index (χ0) is 36.3. The highest BCUT2D eigenvalue weighted by Crippen LogP contribution is 2.43. The largest absolute Gasteiger partial charge is 0.311 e. The van der Waals surface area contributed by atoms with Crippen LogP contribution in [0.4, 0.5) is 5.69 Å². The molecule has 0 radical (unpaired) electrons. The lowest BCUT2D eigenvalue weighted by Gasteiger charge is -2.28. The van der Waals surface area contributed by atoms with Crippen LogP contribution in [0.2, 0.25) is 0 Å². The van der Waals surface area contributed by atoms with E-state index < -0.39 is 0 Å². The normalized spacial score (nSPS) is 12.4. The Bertz CT molecular complexity index is 2130. The van der Waals surface area contributed by atoms with Gasteiger partial charge < -0.3 is 9.47 Å². The highest BCUT2D eigenvalue weighted by atomic mass is 79.9. The number of nitrogens with zero attached hydrogens (tertiary/aromatic N) is 2. The van der Waals surface area contributed by atoms with Crippen molar-refractivity contribution in [2.75, 3.05) is 4.90 Å². The molecule has 0 amide bonds. The fraction of sp³-hybridized carbons (Fsp3) is 0.208. The van der Waals surface area contributed by atoms with Gasteiger partial charge in [-0.25, -0.2) is 0 Å². The van der Waals surface area contributed by atoms with E-state index in [2.05, 4.69) is 220 Å². The number of hydrogen-bond donors (Lipinski definition) is 0. The molecule has 0 saturated carbocycles. The van der Waals surface area contributed by atoms with Crippen LogP contribution in [0.5, 0.6) is 0 Å². The zero-order valence-electron chi connectivity index (χ0n) is 30.9. The molecule has 1 heterocycles. The first kappa shape index (κ1) is 35.9. The first-order valence-electron chi connectivity index (χ1n) is 18.0. The number of fused-ring (bicyclic) bond motifs is 3. The summed E-state index contributed by atoms with van der Waals surface area (Å²) in [6.07, 6.45) is 10.3. The number of hydrogen-bond acceptors (Lipinski definition) is 1. The minimum atomic E-state index is -0.176. The smallest absolute Gasteiger partial charge is 0.0656 e. The highest BCUT2D eigenvalue weighted by Gasteiger charge is 2.28. The van der Waals surface area contributed by atoms with Crippen LogP contribution in [0.3, 0.4) is 0 Å². The molecule has 51 heavy (non-hydrogen) atoms. The number of anilines is 1. The second-order valence-electron chi connectivity index (χ2n) is 14.3. The van der Waals surface area contributed by atoms with Gasteiger partial charge in [0.25, 0.3) is 0 Å². The molecule has 0 bridgehead atoms. The highest BCUT2D eigenvalue weighted by molar-refractivity contribution is 9.10. The van der Waals surface area contributed by atoms with Crippen LogP contribution in [0.15, 0.2) is 169 Å². The molecule has 0 aliphatic rings. The van der Waals surface area contributed by atoms with E-state index in [1.54, 1.807) is 0 Å². The topological polar surface area (TPSA) is 8.17 Å². The third-order valence-electron chi connectivity index (χ3n) is 10.3. The number of aromatic nitrogens is 1. The summed E-state index contributed by atoms with van der Waals surface area (Å²) in [6, 6.07) is 42.1. The van der Waals surface area contributed by atoms with Gasteiger partial charge in [0, 0.05) is 33.0 Å². The molecule has 2 nitrogen and oxygen atoms in total. The van der Waals surface area contributed by atoms with Crippen molar-refractivity contribution in [3.8, 4) is 5.69 Å². The Morgan fingerprint density at radius 2 is 1.06 bits per heavy atom. The Morgan fingerprint density at radius 3 is 1.49 bits per heavy atom. The van der Waals surface area contributed by atoms with Gasteiger partial charge in [-0.05, 0) is 99.6 Å². The maximum Gasteiger partial charge on any atom is 0.0656 e. The third kappa shape index (κ3) is 6.80. The molecule has 0 spiro atoms. The number of allylic oxidation sites excluding steroid dienone is 4. The fourth-order valence-electron chi connectivity index (χ4n) is 7.11. The standard InChI is InChI=1S/C48H49BrN2/c1-9-11-20-34(3)50(35(4)21-12-10-2)44-26-19-27-45(46(44)49)51-42-30-28-38(47(5,6)36-22-15-13-16-23-36)32-40(42)41-33-39(29-31-43(41)51)48(7,8)37-24-17-14-18-25-37/h11-33H,3-4,9-10H2,1-2,5-8H3/b20-11-,21-12-. The number of halogens is 1. The van der Waals surface area contributed by atoms with Crippen LogP contribution in [0.1, 0.15) is 76.6 Å². The van der Waals surface area contributed by atoms with Crippen LogP contribution in [0, 0.1) is 0 Å². The molecular weight excluding hydrogens is 684 g/mol. The van der Waals surface area contributed by atoms with Gasteiger partial charge in [0.05, 0.1) is 26.9 Å². The van der Waals surface area contributed by atoms with Crippen molar-refractivity contribution in [1.29, 1.82) is 0 Å². The van der Waals surface area contributed by atoms with Crippen molar-refractivity contribution in [1.82, 2.24) is 4.57 Å². The predicted molar refractivity (Wildman–Crippen MR) is 225 cm³/mol. The lowest BCUT2D eigenvalue weighted by Crippen LogP contribution is -2.19.